The number of urea groups is 1. The van der Waals surface area contributed by atoms with Crippen LogP contribution in [0.3, 0.4) is 0 Å². The van der Waals surface area contributed by atoms with Crippen molar-refractivity contribution in [1.82, 2.24) is 4.90 Å². The second-order valence-corrected chi connectivity index (χ2v) is 5.49. The van der Waals surface area contributed by atoms with E-state index in [4.69, 9.17) is 9.84 Å². The molecule has 0 saturated carbocycles. The average molecular weight is 361 g/mol. The van der Waals surface area contributed by atoms with Crippen molar-refractivity contribution in [2.75, 3.05) is 25.1 Å². The Balaban J connectivity index is 2.10. The number of benzene rings is 1. The molecule has 2 amide bonds. The van der Waals surface area contributed by atoms with Crippen LogP contribution in [0.25, 0.3) is 0 Å². The van der Waals surface area contributed by atoms with E-state index in [1.54, 1.807) is 0 Å². The van der Waals surface area contributed by atoms with Crippen molar-refractivity contribution < 1.29 is 23.8 Å². The molecule has 1 saturated heterocycles. The number of amides is 2. The first-order valence-corrected chi connectivity index (χ1v) is 7.09. The number of nitrogens with zero attached hydrogens (tertiary/aromatic N) is 1. The molecule has 1 aromatic carbocycles. The fourth-order valence-corrected chi connectivity index (χ4v) is 2.43. The Morgan fingerprint density at radius 2 is 2.29 bits per heavy atom. The lowest BCUT2D eigenvalue weighted by Gasteiger charge is -2.34. The van der Waals surface area contributed by atoms with Crippen molar-refractivity contribution in [3.8, 4) is 0 Å². The Morgan fingerprint density at radius 3 is 3.00 bits per heavy atom. The standard InChI is InChI=1S/C13H14BrFN2O4/c14-8-1-2-10(15)11(5-8)16-13(20)17-3-4-21-7-9(17)6-12(18)19/h1-2,5,9H,3-4,6-7H2,(H,16,20)(H,18,19). The maximum Gasteiger partial charge on any atom is 0.322 e. The van der Waals surface area contributed by atoms with Gasteiger partial charge in [0.15, 0.2) is 0 Å². The van der Waals surface area contributed by atoms with Crippen LogP contribution in [0, 0.1) is 5.82 Å². The molecule has 2 rings (SSSR count). The summed E-state index contributed by atoms with van der Waals surface area (Å²) in [4.78, 5) is 24.4. The summed E-state index contributed by atoms with van der Waals surface area (Å²) < 4.78 is 19.4. The quantitative estimate of drug-likeness (QED) is 0.866. The second kappa shape index (κ2) is 6.86. The van der Waals surface area contributed by atoms with Gasteiger partial charge in [0.05, 0.1) is 31.4 Å². The second-order valence-electron chi connectivity index (χ2n) is 4.57. The molecule has 0 aliphatic carbocycles. The van der Waals surface area contributed by atoms with Crippen LogP contribution in [0.4, 0.5) is 14.9 Å². The van der Waals surface area contributed by atoms with Crippen molar-refractivity contribution in [2.45, 2.75) is 12.5 Å². The molecule has 0 radical (unpaired) electrons. The number of hydrogen-bond acceptors (Lipinski definition) is 3. The monoisotopic (exact) mass is 360 g/mol. The first kappa shape index (κ1) is 15.7. The summed E-state index contributed by atoms with van der Waals surface area (Å²) in [5.41, 5.74) is 0.0370. The average Bonchev–Trinajstić information content (AvgIpc) is 2.42. The molecule has 0 spiro atoms. The summed E-state index contributed by atoms with van der Waals surface area (Å²) in [5.74, 6) is -1.58. The number of anilines is 1. The summed E-state index contributed by atoms with van der Waals surface area (Å²) in [6.45, 7) is 0.741. The third kappa shape index (κ3) is 4.15. The Hall–Kier alpha value is -1.67. The van der Waals surface area contributed by atoms with Gasteiger partial charge in [-0.05, 0) is 18.2 Å². The number of halogens is 2. The highest BCUT2D eigenvalue weighted by molar-refractivity contribution is 9.10. The number of hydrogen-bond donors (Lipinski definition) is 2. The van der Waals surface area contributed by atoms with Crippen molar-refractivity contribution in [1.29, 1.82) is 0 Å². The molecule has 1 aliphatic heterocycles. The van der Waals surface area contributed by atoms with Crippen LogP contribution in [0.5, 0.6) is 0 Å². The van der Waals surface area contributed by atoms with Gasteiger partial charge in [0, 0.05) is 11.0 Å². The van der Waals surface area contributed by atoms with Gasteiger partial charge in [-0.2, -0.15) is 0 Å². The first-order chi connectivity index (χ1) is 9.97. The van der Waals surface area contributed by atoms with Crippen molar-refractivity contribution in [3.63, 3.8) is 0 Å². The maximum atomic E-state index is 13.6. The smallest absolute Gasteiger partial charge is 0.322 e. The van der Waals surface area contributed by atoms with Gasteiger partial charge < -0.3 is 20.1 Å². The predicted octanol–water partition coefficient (Wildman–Crippen LogP) is 2.30. The molecule has 114 valence electrons. The van der Waals surface area contributed by atoms with Gasteiger partial charge >= 0.3 is 12.0 Å². The normalized spacial score (nSPS) is 18.4. The molecular weight excluding hydrogens is 347 g/mol. The van der Waals surface area contributed by atoms with E-state index in [-0.39, 0.29) is 25.3 Å². The molecule has 2 N–H and O–H groups in total. The minimum absolute atomic E-state index is 0.0370. The Bertz CT molecular complexity index is 555. The van der Waals surface area contributed by atoms with Crippen molar-refractivity contribution >= 4 is 33.6 Å². The van der Waals surface area contributed by atoms with Crippen LogP contribution in [-0.2, 0) is 9.53 Å². The lowest BCUT2D eigenvalue weighted by molar-refractivity contribution is -0.139. The third-order valence-corrected chi connectivity index (χ3v) is 3.56. The minimum atomic E-state index is -1.02. The maximum absolute atomic E-state index is 13.6. The number of carbonyl (C=O) groups excluding carboxylic acids is 1. The van der Waals surface area contributed by atoms with Gasteiger partial charge in [0.2, 0.25) is 0 Å². The molecule has 1 aromatic rings. The highest BCUT2D eigenvalue weighted by atomic mass is 79.9. The minimum Gasteiger partial charge on any atom is -0.481 e. The summed E-state index contributed by atoms with van der Waals surface area (Å²) in [6.07, 6.45) is -0.214. The number of nitrogens with one attached hydrogen (secondary N) is 1. The third-order valence-electron chi connectivity index (χ3n) is 3.07. The fraction of sp³-hybridized carbons (Fsp3) is 0.385. The molecule has 21 heavy (non-hydrogen) atoms. The number of carboxylic acids is 1. The highest BCUT2D eigenvalue weighted by Crippen LogP contribution is 2.21. The van der Waals surface area contributed by atoms with E-state index >= 15 is 0 Å². The van der Waals surface area contributed by atoms with Gasteiger partial charge in [0.25, 0.3) is 0 Å². The molecule has 1 fully saturated rings. The fourth-order valence-electron chi connectivity index (χ4n) is 2.07. The van der Waals surface area contributed by atoms with E-state index in [0.717, 1.165) is 0 Å². The van der Waals surface area contributed by atoms with E-state index in [2.05, 4.69) is 21.2 Å². The van der Waals surface area contributed by atoms with Crippen LogP contribution in [0.2, 0.25) is 0 Å². The van der Waals surface area contributed by atoms with E-state index in [1.165, 1.54) is 23.1 Å². The van der Waals surface area contributed by atoms with Gasteiger partial charge in [-0.15, -0.1) is 0 Å². The molecular formula is C13H14BrFN2O4. The van der Waals surface area contributed by atoms with Crippen LogP contribution >= 0.6 is 15.9 Å². The van der Waals surface area contributed by atoms with Gasteiger partial charge in [-0.3, -0.25) is 4.79 Å². The largest absolute Gasteiger partial charge is 0.481 e. The number of carboxylic acid groups (broad SMARTS) is 1. The molecule has 1 aliphatic rings. The zero-order chi connectivity index (χ0) is 15.4. The van der Waals surface area contributed by atoms with Crippen LogP contribution in [-0.4, -0.2) is 47.8 Å². The molecule has 8 heteroatoms. The lowest BCUT2D eigenvalue weighted by Crippen LogP contribution is -2.51. The predicted molar refractivity (Wildman–Crippen MR) is 76.7 cm³/mol. The number of aliphatic carboxylic acids is 1. The summed E-state index contributed by atoms with van der Waals surface area (Å²) in [6, 6.07) is 3.09. The number of morpholine rings is 1. The number of ether oxygens (including phenoxy) is 1. The summed E-state index contributed by atoms with van der Waals surface area (Å²) >= 11 is 3.20. The molecule has 0 bridgehead atoms. The van der Waals surface area contributed by atoms with E-state index in [9.17, 15) is 14.0 Å². The molecule has 1 heterocycles. The molecule has 0 aromatic heterocycles. The zero-order valence-corrected chi connectivity index (χ0v) is 12.6. The molecule has 6 nitrogen and oxygen atoms in total. The number of rotatable bonds is 3. The highest BCUT2D eigenvalue weighted by Gasteiger charge is 2.29. The Morgan fingerprint density at radius 1 is 1.52 bits per heavy atom. The van der Waals surface area contributed by atoms with E-state index in [1.807, 2.05) is 0 Å². The Labute approximate surface area is 129 Å². The van der Waals surface area contributed by atoms with Crippen LogP contribution < -0.4 is 5.32 Å². The van der Waals surface area contributed by atoms with Gasteiger partial charge in [-0.25, -0.2) is 9.18 Å². The van der Waals surface area contributed by atoms with Crippen LogP contribution in [0.15, 0.2) is 22.7 Å². The summed E-state index contributed by atoms with van der Waals surface area (Å²) in [5, 5.41) is 11.3. The van der Waals surface area contributed by atoms with Crippen LogP contribution in [0.1, 0.15) is 6.42 Å². The van der Waals surface area contributed by atoms with Crippen molar-refractivity contribution in [2.24, 2.45) is 0 Å². The zero-order valence-electron chi connectivity index (χ0n) is 11.0. The van der Waals surface area contributed by atoms with Gasteiger partial charge in [-0.1, -0.05) is 15.9 Å². The number of carbonyl (C=O) groups is 2. The van der Waals surface area contributed by atoms with Gasteiger partial charge in [0.1, 0.15) is 5.82 Å². The van der Waals surface area contributed by atoms with E-state index < -0.39 is 23.9 Å². The summed E-state index contributed by atoms with van der Waals surface area (Å²) in [7, 11) is 0. The Kier molecular flexibility index (Phi) is 5.13. The van der Waals surface area contributed by atoms with E-state index in [0.29, 0.717) is 11.1 Å². The SMILES string of the molecule is O=C(O)CC1COCCN1C(=O)Nc1cc(Br)ccc1F. The lowest BCUT2D eigenvalue weighted by atomic mass is 10.1. The van der Waals surface area contributed by atoms with Crippen molar-refractivity contribution in [3.05, 3.63) is 28.5 Å². The topological polar surface area (TPSA) is 78.9 Å². The molecule has 1 atom stereocenters. The molecule has 1 unspecified atom stereocenters. The first-order valence-electron chi connectivity index (χ1n) is 6.29.